The molecule has 7 heteroatoms. The van der Waals surface area contributed by atoms with Crippen molar-refractivity contribution in [3.8, 4) is 11.5 Å². The first-order valence-electron chi connectivity index (χ1n) is 12.4. The van der Waals surface area contributed by atoms with Crippen LogP contribution in [0.4, 0.5) is 0 Å². The molecule has 0 aliphatic heterocycles. The number of hydrogen-bond donors (Lipinski definition) is 5. The molecule has 3 aliphatic rings. The number of hydrogen-bond acceptors (Lipinski definition) is 6. The quantitative estimate of drug-likeness (QED) is 0.231. The van der Waals surface area contributed by atoms with E-state index in [-0.39, 0.29) is 23.4 Å². The van der Waals surface area contributed by atoms with Crippen LogP contribution in [0.5, 0.6) is 11.5 Å². The number of aryl methyl sites for hydroxylation is 1. The number of fused-ring (bicyclic) bond motifs is 3. The molecule has 5 N–H and O–H groups in total. The standard InChI is InChI=1S/C27H34N2O5/c30-22-5-4-20-7-10-27(33)11-8-21(29-23(31)6-3-19-9-14-34-17-19)15-26(27,24(20)25(22)32)12-13-28-16-18-1-2-18/h3-6,9,14,17-18,21,28,30,32-33H,1-2,7-8,10-13,15-16H2,(H,29,31)/b6-3+/t21?,26-,27?/m1/s1. The van der Waals surface area contributed by atoms with Crippen LogP contribution in [0.25, 0.3) is 6.08 Å². The van der Waals surface area contributed by atoms with E-state index in [1.165, 1.54) is 25.0 Å². The van der Waals surface area contributed by atoms with Gasteiger partial charge < -0.3 is 30.4 Å². The number of aromatic hydroxyl groups is 2. The maximum atomic E-state index is 12.7. The first-order chi connectivity index (χ1) is 16.4. The normalized spacial score (nSPS) is 28.4. The van der Waals surface area contributed by atoms with Crippen LogP contribution >= 0.6 is 0 Å². The molecule has 0 saturated heterocycles. The van der Waals surface area contributed by atoms with Crippen molar-refractivity contribution in [2.24, 2.45) is 5.92 Å². The van der Waals surface area contributed by atoms with Gasteiger partial charge in [0.05, 0.1) is 18.1 Å². The van der Waals surface area contributed by atoms with Crippen molar-refractivity contribution in [3.63, 3.8) is 0 Å². The number of rotatable bonds is 8. The van der Waals surface area contributed by atoms with Crippen molar-refractivity contribution >= 4 is 12.0 Å². The maximum absolute atomic E-state index is 12.7. The van der Waals surface area contributed by atoms with Crippen LogP contribution in [0.15, 0.2) is 41.2 Å². The zero-order valence-corrected chi connectivity index (χ0v) is 19.4. The molecule has 3 aliphatic carbocycles. The molecule has 3 atom stereocenters. The third kappa shape index (κ3) is 4.34. The van der Waals surface area contributed by atoms with Crippen LogP contribution < -0.4 is 10.6 Å². The third-order valence-electron chi connectivity index (χ3n) is 8.10. The average molecular weight is 467 g/mol. The number of phenolic OH excluding ortho intramolecular Hbond substituents is 2. The van der Waals surface area contributed by atoms with Crippen molar-refractivity contribution < 1.29 is 24.5 Å². The van der Waals surface area contributed by atoms with E-state index in [1.54, 1.807) is 24.7 Å². The van der Waals surface area contributed by atoms with Crippen molar-refractivity contribution in [3.05, 3.63) is 53.5 Å². The van der Waals surface area contributed by atoms with Gasteiger partial charge in [-0.15, -0.1) is 0 Å². The minimum Gasteiger partial charge on any atom is -0.504 e. The summed E-state index contributed by atoms with van der Waals surface area (Å²) in [5.41, 5.74) is 0.675. The van der Waals surface area contributed by atoms with E-state index in [0.29, 0.717) is 50.6 Å². The molecule has 5 rings (SSSR count). The van der Waals surface area contributed by atoms with Crippen LogP contribution in [-0.2, 0) is 16.6 Å². The number of aliphatic hydroxyl groups is 1. The molecule has 2 unspecified atom stereocenters. The lowest BCUT2D eigenvalue weighted by Gasteiger charge is -2.56. The van der Waals surface area contributed by atoms with Crippen molar-refractivity contribution in [2.45, 2.75) is 68.4 Å². The summed E-state index contributed by atoms with van der Waals surface area (Å²) in [6.07, 6.45) is 12.4. The van der Waals surface area contributed by atoms with E-state index in [2.05, 4.69) is 10.6 Å². The average Bonchev–Trinajstić information content (AvgIpc) is 3.50. The molecule has 0 bridgehead atoms. The largest absolute Gasteiger partial charge is 0.504 e. The van der Waals surface area contributed by atoms with Crippen LogP contribution in [0.3, 0.4) is 0 Å². The van der Waals surface area contributed by atoms with E-state index < -0.39 is 11.0 Å². The zero-order chi connectivity index (χ0) is 23.8. The van der Waals surface area contributed by atoms with Gasteiger partial charge in [0.25, 0.3) is 0 Å². The summed E-state index contributed by atoms with van der Waals surface area (Å²) >= 11 is 0. The molecule has 0 radical (unpaired) electrons. The van der Waals surface area contributed by atoms with E-state index in [1.807, 2.05) is 6.07 Å². The highest BCUT2D eigenvalue weighted by molar-refractivity contribution is 5.91. The molecule has 1 aromatic heterocycles. The highest BCUT2D eigenvalue weighted by atomic mass is 16.3. The maximum Gasteiger partial charge on any atom is 0.244 e. The number of nitrogens with one attached hydrogen (secondary N) is 2. The van der Waals surface area contributed by atoms with Gasteiger partial charge in [-0.2, -0.15) is 0 Å². The van der Waals surface area contributed by atoms with Crippen LogP contribution in [0.2, 0.25) is 0 Å². The molecule has 1 amide bonds. The molecule has 34 heavy (non-hydrogen) atoms. The monoisotopic (exact) mass is 466 g/mol. The Morgan fingerprint density at radius 1 is 1.18 bits per heavy atom. The summed E-state index contributed by atoms with van der Waals surface area (Å²) in [6, 6.07) is 5.01. The Morgan fingerprint density at radius 2 is 2.03 bits per heavy atom. The molecule has 1 aromatic carbocycles. The predicted molar refractivity (Wildman–Crippen MR) is 128 cm³/mol. The number of carbonyl (C=O) groups excluding carboxylic acids is 1. The number of furan rings is 1. The van der Waals surface area contributed by atoms with Gasteiger partial charge in [0.2, 0.25) is 5.91 Å². The predicted octanol–water partition coefficient (Wildman–Crippen LogP) is 3.38. The fraction of sp³-hybridized carbons (Fsp3) is 0.519. The minimum atomic E-state index is -1.000. The van der Waals surface area contributed by atoms with E-state index in [0.717, 1.165) is 23.6 Å². The highest BCUT2D eigenvalue weighted by Crippen LogP contribution is 2.58. The van der Waals surface area contributed by atoms with Gasteiger partial charge in [-0.1, -0.05) is 6.07 Å². The Kier molecular flexibility index (Phi) is 6.16. The lowest BCUT2D eigenvalue weighted by atomic mass is 9.52. The second-order valence-corrected chi connectivity index (χ2v) is 10.3. The summed E-state index contributed by atoms with van der Waals surface area (Å²) in [6.45, 7) is 1.67. The van der Waals surface area contributed by atoms with Gasteiger partial charge in [0, 0.05) is 28.7 Å². The first-order valence-corrected chi connectivity index (χ1v) is 12.4. The van der Waals surface area contributed by atoms with Gasteiger partial charge in [0.15, 0.2) is 11.5 Å². The summed E-state index contributed by atoms with van der Waals surface area (Å²) in [5.74, 6) is 0.245. The summed E-state index contributed by atoms with van der Waals surface area (Å²) < 4.78 is 5.04. The highest BCUT2D eigenvalue weighted by Gasteiger charge is 2.58. The first kappa shape index (κ1) is 23.0. The second kappa shape index (κ2) is 9.12. The minimum absolute atomic E-state index is 0.135. The van der Waals surface area contributed by atoms with Crippen LogP contribution in [-0.4, -0.2) is 46.0 Å². The molecule has 2 saturated carbocycles. The molecular formula is C27H34N2O5. The smallest absolute Gasteiger partial charge is 0.244 e. The van der Waals surface area contributed by atoms with Gasteiger partial charge >= 0.3 is 0 Å². The Bertz CT molecular complexity index is 1060. The number of carbonyl (C=O) groups is 1. The van der Waals surface area contributed by atoms with Crippen molar-refractivity contribution in [1.82, 2.24) is 10.6 Å². The number of phenols is 2. The third-order valence-corrected chi connectivity index (χ3v) is 8.10. The Labute approximate surface area is 199 Å². The van der Waals surface area contributed by atoms with E-state index >= 15 is 0 Å². The van der Waals surface area contributed by atoms with Crippen LogP contribution in [0, 0.1) is 5.92 Å². The van der Waals surface area contributed by atoms with Gasteiger partial charge in [-0.25, -0.2) is 0 Å². The molecule has 2 aromatic rings. The zero-order valence-electron chi connectivity index (χ0n) is 19.4. The fourth-order valence-electron chi connectivity index (χ4n) is 6.07. The van der Waals surface area contributed by atoms with E-state index in [4.69, 9.17) is 4.42 Å². The Hall–Kier alpha value is -2.77. The topological polar surface area (TPSA) is 115 Å². The SMILES string of the molecule is O=C(/C=C/c1ccoc1)NC1CCC2(O)CCc3ccc(O)c(O)c3[C@@]2(CCNCC2CC2)C1. The lowest BCUT2D eigenvalue weighted by molar-refractivity contribution is -0.121. The molecule has 1 heterocycles. The van der Waals surface area contributed by atoms with Gasteiger partial charge in [-0.05, 0) is 94.1 Å². The summed E-state index contributed by atoms with van der Waals surface area (Å²) in [4.78, 5) is 12.7. The molecular weight excluding hydrogens is 432 g/mol. The molecule has 182 valence electrons. The Morgan fingerprint density at radius 3 is 2.79 bits per heavy atom. The Balaban J connectivity index is 1.41. The summed E-state index contributed by atoms with van der Waals surface area (Å²) in [5, 5.41) is 39.9. The summed E-state index contributed by atoms with van der Waals surface area (Å²) in [7, 11) is 0. The number of amides is 1. The molecule has 0 spiro atoms. The van der Waals surface area contributed by atoms with Gasteiger partial charge in [-0.3, -0.25) is 4.79 Å². The lowest BCUT2D eigenvalue weighted by Crippen LogP contribution is -2.62. The van der Waals surface area contributed by atoms with Crippen molar-refractivity contribution in [1.29, 1.82) is 0 Å². The van der Waals surface area contributed by atoms with E-state index in [9.17, 15) is 20.1 Å². The number of benzene rings is 1. The van der Waals surface area contributed by atoms with Crippen LogP contribution in [0.1, 0.15) is 61.6 Å². The second-order valence-electron chi connectivity index (χ2n) is 10.3. The van der Waals surface area contributed by atoms with Gasteiger partial charge in [0.1, 0.15) is 0 Å². The van der Waals surface area contributed by atoms with Crippen molar-refractivity contribution in [2.75, 3.05) is 13.1 Å². The molecule has 7 nitrogen and oxygen atoms in total. The molecule has 2 fully saturated rings. The fourth-order valence-corrected chi connectivity index (χ4v) is 6.07.